The van der Waals surface area contributed by atoms with Crippen LogP contribution in [0.2, 0.25) is 0 Å². The van der Waals surface area contributed by atoms with Crippen molar-refractivity contribution in [3.63, 3.8) is 0 Å². The van der Waals surface area contributed by atoms with Crippen molar-refractivity contribution in [1.29, 1.82) is 0 Å². The Morgan fingerprint density at radius 3 is 2.58 bits per heavy atom. The Labute approximate surface area is 113 Å². The Kier molecular flexibility index (Phi) is 5.15. The molecule has 1 amide bonds. The quantitative estimate of drug-likeness (QED) is 0.442. The zero-order valence-electron chi connectivity index (χ0n) is 11.6. The van der Waals surface area contributed by atoms with E-state index < -0.39 is 6.10 Å². The number of carbonyl (C=O) groups is 1. The highest BCUT2D eigenvalue weighted by Crippen LogP contribution is 2.24. The van der Waals surface area contributed by atoms with Gasteiger partial charge in [0, 0.05) is 0 Å². The van der Waals surface area contributed by atoms with E-state index in [2.05, 4.69) is 19.3 Å². The molecule has 6 nitrogen and oxygen atoms in total. The number of ether oxygens (including phenoxy) is 3. The molecule has 4 atom stereocenters. The molecule has 0 saturated carbocycles. The zero-order chi connectivity index (χ0) is 13.8. The van der Waals surface area contributed by atoms with Crippen LogP contribution in [0, 0.1) is 0 Å². The lowest BCUT2D eigenvalue weighted by Crippen LogP contribution is -2.39. The molecular weight excluding hydrogens is 248 g/mol. The third kappa shape index (κ3) is 4.14. The summed E-state index contributed by atoms with van der Waals surface area (Å²) in [6.45, 7) is 4.68. The molecule has 0 bridgehead atoms. The van der Waals surface area contributed by atoms with Gasteiger partial charge in [-0.2, -0.15) is 0 Å². The van der Waals surface area contributed by atoms with E-state index in [0.717, 1.165) is 19.3 Å². The Morgan fingerprint density at radius 2 is 1.95 bits per heavy atom. The standard InChI is InChI=1S/C13H24N2O4/c1-8-5-11(6-9(2)18-8)17-7-10-3-4-12(19-10)13(16)15-14/h8-12H,3-7,14H2,1-2H3,(H,15,16). The van der Waals surface area contributed by atoms with E-state index in [9.17, 15) is 4.79 Å². The Balaban J connectivity index is 1.70. The van der Waals surface area contributed by atoms with Crippen LogP contribution in [0.5, 0.6) is 0 Å². The first-order valence-electron chi connectivity index (χ1n) is 7.01. The Hall–Kier alpha value is -0.690. The highest BCUT2D eigenvalue weighted by Gasteiger charge is 2.32. The van der Waals surface area contributed by atoms with Gasteiger partial charge >= 0.3 is 0 Å². The molecule has 2 saturated heterocycles. The lowest BCUT2D eigenvalue weighted by molar-refractivity contribution is -0.137. The topological polar surface area (TPSA) is 82.8 Å². The molecule has 2 heterocycles. The van der Waals surface area contributed by atoms with Gasteiger partial charge in [-0.15, -0.1) is 0 Å². The van der Waals surface area contributed by atoms with Gasteiger partial charge in [0.25, 0.3) is 5.91 Å². The van der Waals surface area contributed by atoms with E-state index in [-0.39, 0.29) is 30.3 Å². The van der Waals surface area contributed by atoms with E-state index in [4.69, 9.17) is 20.1 Å². The smallest absolute Gasteiger partial charge is 0.263 e. The predicted octanol–water partition coefficient (Wildman–Crippen LogP) is 0.497. The number of amides is 1. The summed E-state index contributed by atoms with van der Waals surface area (Å²) in [4.78, 5) is 11.3. The maximum Gasteiger partial charge on any atom is 0.263 e. The number of hydrazine groups is 1. The van der Waals surface area contributed by atoms with Crippen LogP contribution >= 0.6 is 0 Å². The van der Waals surface area contributed by atoms with Gasteiger partial charge in [0.05, 0.1) is 31.0 Å². The van der Waals surface area contributed by atoms with Crippen LogP contribution in [0.3, 0.4) is 0 Å². The van der Waals surface area contributed by atoms with Gasteiger partial charge in [-0.3, -0.25) is 10.2 Å². The third-order valence-corrected chi connectivity index (χ3v) is 3.71. The second kappa shape index (κ2) is 6.65. The predicted molar refractivity (Wildman–Crippen MR) is 69.2 cm³/mol. The molecule has 2 rings (SSSR count). The minimum Gasteiger partial charge on any atom is -0.375 e. The van der Waals surface area contributed by atoms with Crippen molar-refractivity contribution in [2.75, 3.05) is 6.61 Å². The first-order valence-corrected chi connectivity index (χ1v) is 7.01. The molecule has 19 heavy (non-hydrogen) atoms. The van der Waals surface area contributed by atoms with Crippen molar-refractivity contribution >= 4 is 5.91 Å². The molecule has 2 aliphatic rings. The lowest BCUT2D eigenvalue weighted by atomic mass is 10.0. The van der Waals surface area contributed by atoms with Gasteiger partial charge in [0.1, 0.15) is 6.10 Å². The molecule has 6 heteroatoms. The largest absolute Gasteiger partial charge is 0.375 e. The molecule has 0 aromatic carbocycles. The molecule has 2 aliphatic heterocycles. The van der Waals surface area contributed by atoms with Crippen molar-refractivity contribution in [3.05, 3.63) is 0 Å². The number of nitrogens with one attached hydrogen (secondary N) is 1. The van der Waals surface area contributed by atoms with Crippen molar-refractivity contribution < 1.29 is 19.0 Å². The van der Waals surface area contributed by atoms with Gasteiger partial charge < -0.3 is 14.2 Å². The molecule has 0 aromatic heterocycles. The van der Waals surface area contributed by atoms with Gasteiger partial charge in [-0.25, -0.2) is 5.84 Å². The zero-order valence-corrected chi connectivity index (χ0v) is 11.6. The van der Waals surface area contributed by atoms with Crippen molar-refractivity contribution in [1.82, 2.24) is 5.43 Å². The number of hydrogen-bond acceptors (Lipinski definition) is 5. The Bertz CT molecular complexity index is 303. The molecule has 0 aliphatic carbocycles. The second-order valence-corrected chi connectivity index (χ2v) is 5.52. The molecule has 4 unspecified atom stereocenters. The van der Waals surface area contributed by atoms with Crippen LogP contribution in [0.25, 0.3) is 0 Å². The highest BCUT2D eigenvalue weighted by molar-refractivity contribution is 5.80. The van der Waals surface area contributed by atoms with Crippen molar-refractivity contribution in [2.24, 2.45) is 5.84 Å². The fourth-order valence-electron chi connectivity index (χ4n) is 2.84. The van der Waals surface area contributed by atoms with Crippen LogP contribution in [0.4, 0.5) is 0 Å². The van der Waals surface area contributed by atoms with Crippen LogP contribution < -0.4 is 11.3 Å². The Morgan fingerprint density at radius 1 is 1.26 bits per heavy atom. The van der Waals surface area contributed by atoms with Crippen molar-refractivity contribution in [3.8, 4) is 0 Å². The van der Waals surface area contributed by atoms with Gasteiger partial charge in [-0.05, 0) is 39.5 Å². The highest BCUT2D eigenvalue weighted by atomic mass is 16.6. The number of hydrogen-bond donors (Lipinski definition) is 2. The van der Waals surface area contributed by atoms with E-state index >= 15 is 0 Å². The van der Waals surface area contributed by atoms with E-state index in [1.807, 2.05) is 0 Å². The monoisotopic (exact) mass is 272 g/mol. The molecule has 3 N–H and O–H groups in total. The third-order valence-electron chi connectivity index (χ3n) is 3.71. The maximum atomic E-state index is 11.3. The summed E-state index contributed by atoms with van der Waals surface area (Å²) in [5.74, 6) is 4.84. The summed E-state index contributed by atoms with van der Waals surface area (Å²) < 4.78 is 17.2. The first kappa shape index (κ1) is 14.7. The summed E-state index contributed by atoms with van der Waals surface area (Å²) in [7, 11) is 0. The van der Waals surface area contributed by atoms with E-state index in [0.29, 0.717) is 13.0 Å². The van der Waals surface area contributed by atoms with Gasteiger partial charge in [0.15, 0.2) is 0 Å². The molecule has 110 valence electrons. The van der Waals surface area contributed by atoms with Crippen LogP contribution in [0.15, 0.2) is 0 Å². The summed E-state index contributed by atoms with van der Waals surface area (Å²) in [6.07, 6.45) is 3.67. The molecule has 0 spiro atoms. The summed E-state index contributed by atoms with van der Waals surface area (Å²) in [6, 6.07) is 0. The van der Waals surface area contributed by atoms with E-state index in [1.165, 1.54) is 0 Å². The number of nitrogens with two attached hydrogens (primary N) is 1. The lowest BCUT2D eigenvalue weighted by Gasteiger charge is -2.32. The fraction of sp³-hybridized carbons (Fsp3) is 0.923. The maximum absolute atomic E-state index is 11.3. The average molecular weight is 272 g/mol. The fourth-order valence-corrected chi connectivity index (χ4v) is 2.84. The average Bonchev–Trinajstić information content (AvgIpc) is 2.83. The minimum atomic E-state index is -0.425. The van der Waals surface area contributed by atoms with Gasteiger partial charge in [-0.1, -0.05) is 0 Å². The molecule has 2 fully saturated rings. The normalized spacial score (nSPS) is 39.2. The van der Waals surface area contributed by atoms with Crippen LogP contribution in [-0.4, -0.2) is 43.0 Å². The first-order chi connectivity index (χ1) is 9.08. The number of rotatable bonds is 4. The van der Waals surface area contributed by atoms with E-state index in [1.54, 1.807) is 0 Å². The molecule has 0 radical (unpaired) electrons. The molecule has 0 aromatic rings. The summed E-state index contributed by atoms with van der Waals surface area (Å²) >= 11 is 0. The molecular formula is C13H24N2O4. The van der Waals surface area contributed by atoms with Gasteiger partial charge in [0.2, 0.25) is 0 Å². The summed E-state index contributed by atoms with van der Waals surface area (Å²) in [5.41, 5.74) is 2.12. The second-order valence-electron chi connectivity index (χ2n) is 5.52. The van der Waals surface area contributed by atoms with Crippen LogP contribution in [0.1, 0.15) is 39.5 Å². The minimum absolute atomic E-state index is 0.00393. The number of carbonyl (C=O) groups excluding carboxylic acids is 1. The summed E-state index contributed by atoms with van der Waals surface area (Å²) in [5, 5.41) is 0. The SMILES string of the molecule is CC1CC(OCC2CCC(C(=O)NN)O2)CC(C)O1. The van der Waals surface area contributed by atoms with Crippen LogP contribution in [-0.2, 0) is 19.0 Å². The van der Waals surface area contributed by atoms with Crippen molar-refractivity contribution in [2.45, 2.75) is 70.1 Å².